The number of rotatable bonds is 8. The van der Waals surface area contributed by atoms with Crippen molar-refractivity contribution in [1.29, 1.82) is 0 Å². The lowest BCUT2D eigenvalue weighted by Gasteiger charge is -2.08. The lowest BCUT2D eigenvalue weighted by Crippen LogP contribution is -2.14. The minimum absolute atomic E-state index is 0.164. The molecule has 0 aliphatic carbocycles. The average molecular weight is 471 g/mol. The van der Waals surface area contributed by atoms with Crippen LogP contribution in [0.3, 0.4) is 0 Å². The third-order valence-electron chi connectivity index (χ3n) is 3.90. The predicted octanol–water partition coefficient (Wildman–Crippen LogP) is 5.43. The highest BCUT2D eigenvalue weighted by atomic mass is 35.5. The van der Waals surface area contributed by atoms with E-state index in [0.29, 0.717) is 26.6 Å². The number of carbonyl (C=O) groups excluding carboxylic acids is 1. The molecule has 29 heavy (non-hydrogen) atoms. The fourth-order valence-electron chi connectivity index (χ4n) is 2.35. The van der Waals surface area contributed by atoms with Crippen LogP contribution >= 0.6 is 46.7 Å². The Labute approximate surface area is 186 Å². The maximum atomic E-state index is 12.9. The maximum Gasteiger partial charge on any atom is 0.234 e. The summed E-state index contributed by atoms with van der Waals surface area (Å²) in [5.41, 5.74) is 1.52. The van der Waals surface area contributed by atoms with Crippen molar-refractivity contribution in [3.8, 4) is 0 Å². The lowest BCUT2D eigenvalue weighted by molar-refractivity contribution is -0.113. The van der Waals surface area contributed by atoms with Crippen molar-refractivity contribution in [1.82, 2.24) is 14.8 Å². The third kappa shape index (κ3) is 6.12. The second-order valence-corrected chi connectivity index (χ2v) is 8.73. The zero-order chi connectivity index (χ0) is 20.8. The number of aromatic nitrogens is 3. The Balaban J connectivity index is 1.49. The first-order chi connectivity index (χ1) is 13.9. The third-order valence-corrected chi connectivity index (χ3v) is 6.74. The molecule has 0 spiro atoms. The summed E-state index contributed by atoms with van der Waals surface area (Å²) >= 11 is 15.0. The largest absolute Gasteiger partial charge is 0.324 e. The number of hydrogen-bond donors (Lipinski definition) is 1. The average Bonchev–Trinajstić information content (AvgIpc) is 3.05. The molecule has 0 saturated carbocycles. The Morgan fingerprint density at radius 3 is 2.66 bits per heavy atom. The van der Waals surface area contributed by atoms with E-state index in [2.05, 4.69) is 15.5 Å². The Kier molecular flexibility index (Phi) is 7.83. The van der Waals surface area contributed by atoms with Gasteiger partial charge in [0.25, 0.3) is 0 Å². The molecule has 0 bridgehead atoms. The monoisotopic (exact) mass is 470 g/mol. The number of thioether (sulfide) groups is 2. The summed E-state index contributed by atoms with van der Waals surface area (Å²) in [6, 6.07) is 11.5. The molecule has 0 fully saturated rings. The molecule has 3 rings (SSSR count). The number of amides is 1. The molecule has 1 heterocycles. The minimum atomic E-state index is -0.240. The van der Waals surface area contributed by atoms with Gasteiger partial charge < -0.3 is 9.88 Å². The van der Waals surface area contributed by atoms with Crippen LogP contribution in [0.1, 0.15) is 11.4 Å². The molecule has 2 aromatic carbocycles. The van der Waals surface area contributed by atoms with E-state index >= 15 is 0 Å². The van der Waals surface area contributed by atoms with Crippen molar-refractivity contribution in [2.75, 3.05) is 11.1 Å². The fraction of sp³-hybridized carbons (Fsp3) is 0.211. The van der Waals surface area contributed by atoms with Crippen molar-refractivity contribution >= 4 is 58.3 Å². The van der Waals surface area contributed by atoms with Gasteiger partial charge in [-0.3, -0.25) is 4.79 Å². The number of benzene rings is 2. The summed E-state index contributed by atoms with van der Waals surface area (Å²) in [5.74, 6) is 1.92. The Morgan fingerprint density at radius 1 is 1.14 bits per heavy atom. The van der Waals surface area contributed by atoms with Gasteiger partial charge in [-0.1, -0.05) is 53.2 Å². The summed E-state index contributed by atoms with van der Waals surface area (Å²) < 4.78 is 14.8. The fourth-order valence-corrected chi connectivity index (χ4v) is 4.40. The highest BCUT2D eigenvalue weighted by molar-refractivity contribution is 7.99. The molecule has 152 valence electrons. The number of halogens is 3. The van der Waals surface area contributed by atoms with Crippen molar-refractivity contribution in [2.45, 2.75) is 16.7 Å². The first-order valence-electron chi connectivity index (χ1n) is 8.51. The number of nitrogens with zero attached hydrogens (tertiary/aromatic N) is 3. The van der Waals surface area contributed by atoms with Crippen LogP contribution in [0.5, 0.6) is 0 Å². The van der Waals surface area contributed by atoms with Gasteiger partial charge in [-0.05, 0) is 29.8 Å². The van der Waals surface area contributed by atoms with Gasteiger partial charge in [0.15, 0.2) is 5.16 Å². The van der Waals surface area contributed by atoms with Crippen LogP contribution in [-0.2, 0) is 23.3 Å². The number of nitrogens with one attached hydrogen (secondary N) is 1. The normalized spacial score (nSPS) is 10.9. The minimum Gasteiger partial charge on any atom is -0.324 e. The zero-order valence-electron chi connectivity index (χ0n) is 15.4. The Bertz CT molecular complexity index is 998. The molecule has 1 amide bonds. The van der Waals surface area contributed by atoms with Crippen LogP contribution in [0.25, 0.3) is 0 Å². The molecule has 3 aromatic rings. The van der Waals surface area contributed by atoms with Crippen LogP contribution in [0.4, 0.5) is 10.1 Å². The van der Waals surface area contributed by atoms with Crippen molar-refractivity contribution < 1.29 is 9.18 Å². The van der Waals surface area contributed by atoms with E-state index < -0.39 is 0 Å². The Hall–Kier alpha value is -1.74. The first kappa shape index (κ1) is 22.0. The molecule has 1 N–H and O–H groups in total. The molecule has 0 saturated heterocycles. The molecule has 0 unspecified atom stereocenters. The van der Waals surface area contributed by atoms with Crippen molar-refractivity contribution in [3.05, 3.63) is 69.7 Å². The molecule has 0 aliphatic heterocycles. The smallest absolute Gasteiger partial charge is 0.234 e. The van der Waals surface area contributed by atoms with Gasteiger partial charge in [-0.15, -0.1) is 22.0 Å². The SMILES string of the molecule is Cn1c(CSCc2ccc(F)cc2)nnc1SCC(=O)Nc1cccc(Cl)c1Cl. The standard InChI is InChI=1S/C19H17Cl2FN4OS2/c1-26-16(10-28-9-12-5-7-13(22)8-6-12)24-25-19(26)29-11-17(27)23-15-4-2-3-14(20)18(15)21/h2-8H,9-11H2,1H3,(H,23,27). The van der Waals surface area contributed by atoms with Crippen LogP contribution < -0.4 is 5.32 Å². The second-order valence-electron chi connectivity index (χ2n) is 6.02. The predicted molar refractivity (Wildman–Crippen MR) is 118 cm³/mol. The second kappa shape index (κ2) is 10.3. The molecule has 0 atom stereocenters. The van der Waals surface area contributed by atoms with Crippen LogP contribution in [0.15, 0.2) is 47.6 Å². The van der Waals surface area contributed by atoms with E-state index in [0.717, 1.165) is 17.1 Å². The van der Waals surface area contributed by atoms with Crippen molar-refractivity contribution in [3.63, 3.8) is 0 Å². The topological polar surface area (TPSA) is 59.8 Å². The van der Waals surface area contributed by atoms with Gasteiger partial charge in [-0.25, -0.2) is 4.39 Å². The van der Waals surface area contributed by atoms with E-state index in [1.165, 1.54) is 23.9 Å². The molecule has 10 heteroatoms. The van der Waals surface area contributed by atoms with E-state index in [4.69, 9.17) is 23.2 Å². The lowest BCUT2D eigenvalue weighted by atomic mass is 10.2. The summed E-state index contributed by atoms with van der Waals surface area (Å²) in [5, 5.41) is 12.4. The summed E-state index contributed by atoms with van der Waals surface area (Å²) in [7, 11) is 1.86. The summed E-state index contributed by atoms with van der Waals surface area (Å²) in [6.07, 6.45) is 0. The number of anilines is 1. The van der Waals surface area contributed by atoms with Gasteiger partial charge in [0.2, 0.25) is 5.91 Å². The Morgan fingerprint density at radius 2 is 1.90 bits per heavy atom. The number of carbonyl (C=O) groups is 1. The quantitative estimate of drug-likeness (QED) is 0.445. The zero-order valence-corrected chi connectivity index (χ0v) is 18.5. The van der Waals surface area contributed by atoms with Gasteiger partial charge in [0.05, 0.1) is 27.2 Å². The number of hydrogen-bond acceptors (Lipinski definition) is 5. The molecule has 0 radical (unpaired) electrons. The van der Waals surface area contributed by atoms with E-state index in [9.17, 15) is 9.18 Å². The van der Waals surface area contributed by atoms with E-state index in [1.807, 2.05) is 11.6 Å². The highest BCUT2D eigenvalue weighted by Gasteiger charge is 2.13. The van der Waals surface area contributed by atoms with Crippen LogP contribution in [0.2, 0.25) is 10.0 Å². The summed E-state index contributed by atoms with van der Waals surface area (Å²) in [6.45, 7) is 0. The van der Waals surface area contributed by atoms with Gasteiger partial charge in [0, 0.05) is 12.8 Å². The van der Waals surface area contributed by atoms with Crippen molar-refractivity contribution in [2.24, 2.45) is 7.05 Å². The van der Waals surface area contributed by atoms with Gasteiger partial charge in [-0.2, -0.15) is 0 Å². The van der Waals surface area contributed by atoms with Gasteiger partial charge >= 0.3 is 0 Å². The first-order valence-corrected chi connectivity index (χ1v) is 11.4. The van der Waals surface area contributed by atoms with E-state index in [1.54, 1.807) is 42.1 Å². The molecular formula is C19H17Cl2FN4OS2. The van der Waals surface area contributed by atoms with Crippen LogP contribution in [-0.4, -0.2) is 26.4 Å². The van der Waals surface area contributed by atoms with E-state index in [-0.39, 0.29) is 17.5 Å². The van der Waals surface area contributed by atoms with Gasteiger partial charge in [0.1, 0.15) is 11.6 Å². The molecule has 0 aliphatic rings. The molecular weight excluding hydrogens is 454 g/mol. The molecule has 5 nitrogen and oxygen atoms in total. The molecule has 1 aromatic heterocycles. The maximum absolute atomic E-state index is 12.9. The van der Waals surface area contributed by atoms with Crippen LogP contribution in [0, 0.1) is 5.82 Å². The highest BCUT2D eigenvalue weighted by Crippen LogP contribution is 2.29. The summed E-state index contributed by atoms with van der Waals surface area (Å²) in [4.78, 5) is 12.2.